The standard InChI is InChI=1S/C22H26O10/c23-8-10-6-11(20(30)22(32)19(10)29)17-15(27)7-16(28)18(21(17)31)13(25)4-2-9-1-3-12(24)14(26)5-9/h1,3,5,7,10-11,19-20,22-24,26-32H,2,4,6,8H2. The van der Waals surface area contributed by atoms with E-state index >= 15 is 0 Å². The second kappa shape index (κ2) is 9.21. The summed E-state index contributed by atoms with van der Waals surface area (Å²) in [6.45, 7) is -0.522. The second-order valence-corrected chi connectivity index (χ2v) is 8.05. The summed E-state index contributed by atoms with van der Waals surface area (Å²) in [6.07, 6.45) is -4.91. The maximum absolute atomic E-state index is 12.8. The van der Waals surface area contributed by atoms with Crippen molar-refractivity contribution in [3.05, 3.63) is 41.0 Å². The quantitative estimate of drug-likeness (QED) is 0.216. The van der Waals surface area contributed by atoms with E-state index in [-0.39, 0.29) is 36.3 Å². The number of aromatic hydroxyl groups is 5. The van der Waals surface area contributed by atoms with Crippen molar-refractivity contribution in [1.82, 2.24) is 0 Å². The van der Waals surface area contributed by atoms with Crippen LogP contribution in [-0.4, -0.2) is 76.7 Å². The molecule has 2 aromatic rings. The van der Waals surface area contributed by atoms with Crippen LogP contribution >= 0.6 is 0 Å². The number of hydrogen-bond donors (Lipinski definition) is 9. The number of phenols is 5. The van der Waals surface area contributed by atoms with Gasteiger partial charge >= 0.3 is 0 Å². The Bertz CT molecular complexity index is 1000. The number of phenolic OH excluding ortho intramolecular Hbond substituents is 5. The van der Waals surface area contributed by atoms with Crippen molar-refractivity contribution in [3.63, 3.8) is 0 Å². The Balaban J connectivity index is 1.92. The zero-order chi connectivity index (χ0) is 23.7. The van der Waals surface area contributed by atoms with Crippen LogP contribution in [0.5, 0.6) is 28.7 Å². The van der Waals surface area contributed by atoms with Crippen molar-refractivity contribution in [2.75, 3.05) is 6.61 Å². The fourth-order valence-corrected chi connectivity index (χ4v) is 4.20. The van der Waals surface area contributed by atoms with E-state index in [2.05, 4.69) is 0 Å². The molecule has 0 aliphatic heterocycles. The summed E-state index contributed by atoms with van der Waals surface area (Å²) in [4.78, 5) is 12.8. The van der Waals surface area contributed by atoms with E-state index in [4.69, 9.17) is 0 Å². The molecule has 0 saturated heterocycles. The number of carbonyl (C=O) groups is 1. The minimum absolute atomic E-state index is 0.102. The zero-order valence-corrected chi connectivity index (χ0v) is 17.0. The molecule has 0 amide bonds. The Morgan fingerprint density at radius 2 is 1.53 bits per heavy atom. The van der Waals surface area contributed by atoms with Gasteiger partial charge in [0.25, 0.3) is 0 Å². The fraction of sp³-hybridized carbons (Fsp3) is 0.409. The SMILES string of the molecule is O=C(CCc1ccc(O)c(O)c1)c1c(O)cc(O)c(C2CC(CO)C(O)C(O)C2O)c1O. The fourth-order valence-electron chi connectivity index (χ4n) is 4.20. The van der Waals surface area contributed by atoms with Gasteiger partial charge in [0.2, 0.25) is 0 Å². The van der Waals surface area contributed by atoms with E-state index in [0.29, 0.717) is 5.56 Å². The van der Waals surface area contributed by atoms with E-state index in [9.17, 15) is 50.8 Å². The highest BCUT2D eigenvalue weighted by atomic mass is 16.4. The molecule has 5 atom stereocenters. The lowest BCUT2D eigenvalue weighted by Crippen LogP contribution is -2.51. The first-order chi connectivity index (χ1) is 15.1. The molecular weight excluding hydrogens is 424 g/mol. The van der Waals surface area contributed by atoms with Crippen molar-refractivity contribution in [1.29, 1.82) is 0 Å². The summed E-state index contributed by atoms with van der Waals surface area (Å²) in [5.41, 5.74) is -0.267. The zero-order valence-electron chi connectivity index (χ0n) is 17.0. The monoisotopic (exact) mass is 450 g/mol. The topological polar surface area (TPSA) is 199 Å². The molecule has 1 aliphatic carbocycles. The average molecular weight is 450 g/mol. The Morgan fingerprint density at radius 1 is 0.844 bits per heavy atom. The maximum Gasteiger partial charge on any atom is 0.170 e. The van der Waals surface area contributed by atoms with Gasteiger partial charge in [0.15, 0.2) is 17.3 Å². The van der Waals surface area contributed by atoms with Gasteiger partial charge < -0.3 is 46.0 Å². The Hall–Kier alpha value is -3.05. The molecule has 1 saturated carbocycles. The molecule has 1 aliphatic rings. The third kappa shape index (κ3) is 4.30. The van der Waals surface area contributed by atoms with Gasteiger partial charge in [-0.3, -0.25) is 4.79 Å². The van der Waals surface area contributed by atoms with Crippen LogP contribution in [0.1, 0.15) is 40.2 Å². The van der Waals surface area contributed by atoms with Crippen molar-refractivity contribution < 1.29 is 50.8 Å². The first kappa shape index (κ1) is 23.6. The number of Topliss-reactive ketones (excluding diaryl/α,β-unsaturated/α-hetero) is 1. The molecule has 0 heterocycles. The van der Waals surface area contributed by atoms with Crippen molar-refractivity contribution in [2.45, 2.75) is 43.5 Å². The molecule has 32 heavy (non-hydrogen) atoms. The summed E-state index contributed by atoms with van der Waals surface area (Å²) >= 11 is 0. The third-order valence-corrected chi connectivity index (χ3v) is 6.01. The van der Waals surface area contributed by atoms with Gasteiger partial charge in [0.05, 0.1) is 12.2 Å². The summed E-state index contributed by atoms with van der Waals surface area (Å²) in [5, 5.41) is 90.2. The highest BCUT2D eigenvalue weighted by molar-refractivity contribution is 6.02. The molecule has 0 spiro atoms. The van der Waals surface area contributed by atoms with Crippen LogP contribution in [0.4, 0.5) is 0 Å². The predicted molar refractivity (Wildman–Crippen MR) is 110 cm³/mol. The number of aryl methyl sites for hydroxylation is 1. The van der Waals surface area contributed by atoms with Crippen LogP contribution in [0.3, 0.4) is 0 Å². The van der Waals surface area contributed by atoms with Gasteiger partial charge in [-0.1, -0.05) is 6.07 Å². The minimum atomic E-state index is -1.67. The summed E-state index contributed by atoms with van der Waals surface area (Å²) < 4.78 is 0. The van der Waals surface area contributed by atoms with Gasteiger partial charge in [-0.2, -0.15) is 0 Å². The van der Waals surface area contributed by atoms with Gasteiger partial charge in [0, 0.05) is 36.5 Å². The summed E-state index contributed by atoms with van der Waals surface area (Å²) in [7, 11) is 0. The van der Waals surface area contributed by atoms with E-state index in [1.807, 2.05) is 0 Å². The molecule has 174 valence electrons. The Kier molecular flexibility index (Phi) is 6.79. The van der Waals surface area contributed by atoms with Crippen molar-refractivity contribution >= 4 is 5.78 Å². The lowest BCUT2D eigenvalue weighted by atomic mass is 9.72. The average Bonchev–Trinajstić information content (AvgIpc) is 2.74. The van der Waals surface area contributed by atoms with Crippen LogP contribution < -0.4 is 0 Å². The molecule has 1 fully saturated rings. The number of hydrogen-bond acceptors (Lipinski definition) is 10. The number of rotatable bonds is 6. The molecular formula is C22H26O10. The molecule has 10 nitrogen and oxygen atoms in total. The molecule has 0 aromatic heterocycles. The largest absolute Gasteiger partial charge is 0.507 e. The predicted octanol–water partition coefficient (Wildman–Crippen LogP) is 0.209. The lowest BCUT2D eigenvalue weighted by molar-refractivity contribution is -0.127. The van der Waals surface area contributed by atoms with E-state index in [1.165, 1.54) is 18.2 Å². The first-order valence-electron chi connectivity index (χ1n) is 10.0. The normalized spacial score (nSPS) is 25.6. The molecule has 5 unspecified atom stereocenters. The number of ketones is 1. The lowest BCUT2D eigenvalue weighted by Gasteiger charge is -2.40. The number of aliphatic hydroxyl groups excluding tert-OH is 4. The highest BCUT2D eigenvalue weighted by Gasteiger charge is 2.45. The highest BCUT2D eigenvalue weighted by Crippen LogP contribution is 2.48. The third-order valence-electron chi connectivity index (χ3n) is 6.01. The van der Waals surface area contributed by atoms with Crippen LogP contribution in [0.25, 0.3) is 0 Å². The Morgan fingerprint density at radius 3 is 2.16 bits per heavy atom. The molecule has 0 bridgehead atoms. The van der Waals surface area contributed by atoms with Gasteiger partial charge in [-0.15, -0.1) is 0 Å². The molecule has 3 rings (SSSR count). The number of carbonyl (C=O) groups excluding carboxylic acids is 1. The molecule has 9 N–H and O–H groups in total. The second-order valence-electron chi connectivity index (χ2n) is 8.05. The smallest absolute Gasteiger partial charge is 0.170 e. The van der Waals surface area contributed by atoms with Crippen molar-refractivity contribution in [3.8, 4) is 28.7 Å². The molecule has 2 aromatic carbocycles. The van der Waals surface area contributed by atoms with Crippen LogP contribution in [-0.2, 0) is 6.42 Å². The first-order valence-corrected chi connectivity index (χ1v) is 10.0. The Labute approximate surface area is 182 Å². The van der Waals surface area contributed by atoms with E-state index in [1.54, 1.807) is 0 Å². The van der Waals surface area contributed by atoms with Crippen molar-refractivity contribution in [2.24, 2.45) is 5.92 Å². The van der Waals surface area contributed by atoms with Gasteiger partial charge in [-0.05, 0) is 30.5 Å². The van der Waals surface area contributed by atoms with Gasteiger partial charge in [0.1, 0.15) is 28.9 Å². The molecule has 0 radical (unpaired) electrons. The number of benzene rings is 2. The van der Waals surface area contributed by atoms with E-state index < -0.39 is 65.3 Å². The number of aliphatic hydroxyl groups is 4. The van der Waals surface area contributed by atoms with Crippen LogP contribution in [0.15, 0.2) is 24.3 Å². The van der Waals surface area contributed by atoms with E-state index in [0.717, 1.165) is 6.07 Å². The minimum Gasteiger partial charge on any atom is -0.507 e. The summed E-state index contributed by atoms with van der Waals surface area (Å²) in [6, 6.07) is 4.85. The summed E-state index contributed by atoms with van der Waals surface area (Å²) in [5.74, 6) is -5.45. The van der Waals surface area contributed by atoms with Gasteiger partial charge in [-0.25, -0.2) is 0 Å². The van der Waals surface area contributed by atoms with Crippen LogP contribution in [0, 0.1) is 5.92 Å². The maximum atomic E-state index is 12.8. The van der Waals surface area contributed by atoms with Crippen LogP contribution in [0.2, 0.25) is 0 Å². The molecule has 10 heteroatoms.